The minimum Gasteiger partial charge on any atom is -0.492 e. The molecule has 1 saturated heterocycles. The van der Waals surface area contributed by atoms with Crippen molar-refractivity contribution in [3.05, 3.63) is 41.7 Å². The van der Waals surface area contributed by atoms with Gasteiger partial charge in [-0.05, 0) is 50.6 Å². The number of hydrogen-bond donors (Lipinski definition) is 2. The van der Waals surface area contributed by atoms with Crippen LogP contribution in [0, 0.1) is 0 Å². The van der Waals surface area contributed by atoms with E-state index < -0.39 is 0 Å². The number of ether oxygens (including phenoxy) is 1. The van der Waals surface area contributed by atoms with Crippen LogP contribution in [0.2, 0.25) is 0 Å². The first-order chi connectivity index (χ1) is 13.5. The standard InChI is InChI=1S/C20H27N5O3.ClH/c1-4-28-18-12-14(20(27)24(2)3)7-8-16(18)22-19(26)17-9-11-25(23-17)15-6-5-10-21-13-15;/h7-9,11-12,15,21H,4-6,10,13H2,1-3H3,(H,22,26);1H. The Balaban J connectivity index is 0.00000300. The summed E-state index contributed by atoms with van der Waals surface area (Å²) in [5, 5.41) is 10.6. The van der Waals surface area contributed by atoms with Gasteiger partial charge in [0.1, 0.15) is 5.75 Å². The normalized spacial score (nSPS) is 15.9. The van der Waals surface area contributed by atoms with Crippen molar-refractivity contribution in [2.75, 3.05) is 39.1 Å². The summed E-state index contributed by atoms with van der Waals surface area (Å²) in [4.78, 5) is 26.3. The molecule has 0 bridgehead atoms. The molecule has 2 amide bonds. The van der Waals surface area contributed by atoms with Gasteiger partial charge in [0.25, 0.3) is 11.8 Å². The average molecular weight is 422 g/mol. The van der Waals surface area contributed by atoms with Gasteiger partial charge >= 0.3 is 0 Å². The number of amides is 2. The number of carbonyl (C=O) groups is 2. The monoisotopic (exact) mass is 421 g/mol. The predicted octanol–water partition coefficient (Wildman–Crippen LogP) is 2.58. The number of benzene rings is 1. The number of nitrogens with zero attached hydrogens (tertiary/aromatic N) is 3. The Morgan fingerprint density at radius 1 is 1.34 bits per heavy atom. The highest BCUT2D eigenvalue weighted by atomic mass is 35.5. The molecule has 1 atom stereocenters. The summed E-state index contributed by atoms with van der Waals surface area (Å²) >= 11 is 0. The molecule has 1 aromatic carbocycles. The van der Waals surface area contributed by atoms with Crippen molar-refractivity contribution in [1.82, 2.24) is 20.0 Å². The smallest absolute Gasteiger partial charge is 0.276 e. The Morgan fingerprint density at radius 3 is 2.79 bits per heavy atom. The van der Waals surface area contributed by atoms with Crippen molar-refractivity contribution < 1.29 is 14.3 Å². The van der Waals surface area contributed by atoms with Crippen molar-refractivity contribution in [1.29, 1.82) is 0 Å². The van der Waals surface area contributed by atoms with Gasteiger partial charge in [-0.15, -0.1) is 12.4 Å². The molecule has 1 aromatic heterocycles. The van der Waals surface area contributed by atoms with E-state index in [0.29, 0.717) is 29.3 Å². The third-order valence-electron chi connectivity index (χ3n) is 4.67. The lowest BCUT2D eigenvalue weighted by Crippen LogP contribution is -2.32. The molecule has 0 spiro atoms. The maximum Gasteiger partial charge on any atom is 0.276 e. The highest BCUT2D eigenvalue weighted by molar-refractivity contribution is 6.04. The zero-order valence-corrected chi connectivity index (χ0v) is 17.8. The Hall–Kier alpha value is -2.58. The van der Waals surface area contributed by atoms with Crippen LogP contribution in [0.3, 0.4) is 0 Å². The summed E-state index contributed by atoms with van der Waals surface area (Å²) < 4.78 is 7.48. The van der Waals surface area contributed by atoms with Crippen LogP contribution in [-0.2, 0) is 0 Å². The van der Waals surface area contributed by atoms with Crippen LogP contribution >= 0.6 is 12.4 Å². The molecule has 3 rings (SSSR count). The van der Waals surface area contributed by atoms with Crippen molar-refractivity contribution >= 4 is 29.9 Å². The summed E-state index contributed by atoms with van der Waals surface area (Å²) in [7, 11) is 3.38. The second-order valence-electron chi connectivity index (χ2n) is 6.98. The van der Waals surface area contributed by atoms with Gasteiger partial charge in [-0.25, -0.2) is 0 Å². The predicted molar refractivity (Wildman–Crippen MR) is 114 cm³/mol. The van der Waals surface area contributed by atoms with E-state index in [9.17, 15) is 9.59 Å². The fourth-order valence-corrected chi connectivity index (χ4v) is 3.20. The lowest BCUT2D eigenvalue weighted by atomic mass is 10.1. The summed E-state index contributed by atoms with van der Waals surface area (Å²) in [6.07, 6.45) is 3.99. The quantitative estimate of drug-likeness (QED) is 0.748. The number of hydrogen-bond acceptors (Lipinski definition) is 5. The number of nitrogens with one attached hydrogen (secondary N) is 2. The largest absolute Gasteiger partial charge is 0.492 e. The van der Waals surface area contributed by atoms with E-state index in [-0.39, 0.29) is 30.3 Å². The molecule has 158 valence electrons. The van der Waals surface area contributed by atoms with Crippen molar-refractivity contribution in [3.63, 3.8) is 0 Å². The van der Waals surface area contributed by atoms with E-state index >= 15 is 0 Å². The topological polar surface area (TPSA) is 88.5 Å². The van der Waals surface area contributed by atoms with Crippen LogP contribution < -0.4 is 15.4 Å². The van der Waals surface area contributed by atoms with Gasteiger partial charge in [0.2, 0.25) is 0 Å². The molecule has 1 aliphatic heterocycles. The second kappa shape index (κ2) is 10.3. The van der Waals surface area contributed by atoms with Gasteiger partial charge in [-0.3, -0.25) is 14.3 Å². The van der Waals surface area contributed by atoms with E-state index in [1.165, 1.54) is 4.90 Å². The maximum absolute atomic E-state index is 12.7. The molecule has 2 N–H and O–H groups in total. The first-order valence-electron chi connectivity index (χ1n) is 9.55. The Kier molecular flexibility index (Phi) is 8.04. The molecule has 9 heteroatoms. The maximum atomic E-state index is 12.7. The molecule has 1 aliphatic rings. The number of halogens is 1. The first kappa shape index (κ1) is 22.7. The molecule has 8 nitrogen and oxygen atoms in total. The van der Waals surface area contributed by atoms with Gasteiger partial charge in [-0.2, -0.15) is 5.10 Å². The van der Waals surface area contributed by atoms with Crippen LogP contribution in [0.1, 0.15) is 46.7 Å². The van der Waals surface area contributed by atoms with Crippen molar-refractivity contribution in [3.8, 4) is 5.75 Å². The molecule has 0 radical (unpaired) electrons. The van der Waals surface area contributed by atoms with Gasteiger partial charge in [-0.1, -0.05) is 0 Å². The van der Waals surface area contributed by atoms with E-state index in [0.717, 1.165) is 25.9 Å². The SMILES string of the molecule is CCOc1cc(C(=O)N(C)C)ccc1NC(=O)c1ccn(C2CCCNC2)n1.Cl. The Morgan fingerprint density at radius 2 is 2.14 bits per heavy atom. The molecule has 2 aromatic rings. The fourth-order valence-electron chi connectivity index (χ4n) is 3.20. The molecule has 2 heterocycles. The van der Waals surface area contributed by atoms with Crippen molar-refractivity contribution in [2.45, 2.75) is 25.8 Å². The second-order valence-corrected chi connectivity index (χ2v) is 6.98. The summed E-state index contributed by atoms with van der Waals surface area (Å²) in [6, 6.07) is 6.99. The zero-order valence-electron chi connectivity index (χ0n) is 17.0. The number of piperidine rings is 1. The molecule has 0 saturated carbocycles. The number of rotatable bonds is 6. The number of aromatic nitrogens is 2. The van der Waals surface area contributed by atoms with Gasteiger partial charge < -0.3 is 20.3 Å². The molecular weight excluding hydrogens is 394 g/mol. The summed E-state index contributed by atoms with van der Waals surface area (Å²) in [5.41, 5.74) is 1.36. The molecular formula is C20H28ClN5O3. The molecule has 1 fully saturated rings. The highest BCUT2D eigenvalue weighted by Gasteiger charge is 2.19. The fraction of sp³-hybridized carbons (Fsp3) is 0.450. The van der Waals surface area contributed by atoms with Crippen LogP contribution in [0.25, 0.3) is 0 Å². The summed E-state index contributed by atoms with van der Waals surface area (Å²) in [6.45, 7) is 4.16. The van der Waals surface area contributed by atoms with Crippen LogP contribution in [0.4, 0.5) is 5.69 Å². The van der Waals surface area contributed by atoms with Crippen LogP contribution in [0.15, 0.2) is 30.5 Å². The number of anilines is 1. The highest BCUT2D eigenvalue weighted by Crippen LogP contribution is 2.27. The third-order valence-corrected chi connectivity index (χ3v) is 4.67. The van der Waals surface area contributed by atoms with Gasteiger partial charge in [0.05, 0.1) is 18.3 Å². The molecule has 29 heavy (non-hydrogen) atoms. The lowest BCUT2D eigenvalue weighted by Gasteiger charge is -2.22. The Bertz CT molecular complexity index is 846. The summed E-state index contributed by atoms with van der Waals surface area (Å²) in [5.74, 6) is 0.0216. The van der Waals surface area contributed by atoms with E-state index in [1.807, 2.05) is 17.8 Å². The number of carbonyl (C=O) groups excluding carboxylic acids is 2. The van der Waals surface area contributed by atoms with Gasteiger partial charge in [0.15, 0.2) is 5.69 Å². The van der Waals surface area contributed by atoms with Crippen molar-refractivity contribution in [2.24, 2.45) is 0 Å². The van der Waals surface area contributed by atoms with Gasteiger partial charge in [0, 0.05) is 32.4 Å². The van der Waals surface area contributed by atoms with Crippen LogP contribution in [-0.4, -0.2) is 60.3 Å². The average Bonchev–Trinajstić information content (AvgIpc) is 3.20. The van der Waals surface area contributed by atoms with E-state index in [2.05, 4.69) is 15.7 Å². The zero-order chi connectivity index (χ0) is 20.1. The first-order valence-corrected chi connectivity index (χ1v) is 9.55. The minimum absolute atomic E-state index is 0. The van der Waals surface area contributed by atoms with Crippen LogP contribution in [0.5, 0.6) is 5.75 Å². The molecule has 0 aliphatic carbocycles. The minimum atomic E-state index is -0.310. The lowest BCUT2D eigenvalue weighted by molar-refractivity contribution is 0.0827. The van der Waals surface area contributed by atoms with E-state index in [1.54, 1.807) is 38.4 Å². The third kappa shape index (κ3) is 5.48. The Labute approximate surface area is 177 Å². The molecule has 1 unspecified atom stereocenters. The van der Waals surface area contributed by atoms with E-state index in [4.69, 9.17) is 4.74 Å².